The molecule has 3 heterocycles. The quantitative estimate of drug-likeness (QED) is 0.507. The normalized spacial score (nSPS) is 12.3. The third-order valence-corrected chi connectivity index (χ3v) is 5.73. The topological polar surface area (TPSA) is 92.3 Å². The largest absolute Gasteiger partial charge is 0.346 e. The van der Waals surface area contributed by atoms with Crippen LogP contribution in [0.25, 0.3) is 16.5 Å². The van der Waals surface area contributed by atoms with Crippen molar-refractivity contribution in [2.45, 2.75) is 20.4 Å². The van der Waals surface area contributed by atoms with Crippen LogP contribution in [0.5, 0.6) is 0 Å². The fraction of sp³-hybridized carbons (Fsp3) is 0.130. The van der Waals surface area contributed by atoms with Crippen LogP contribution in [-0.4, -0.2) is 26.2 Å². The van der Waals surface area contributed by atoms with Gasteiger partial charge in [0.25, 0.3) is 11.4 Å². The van der Waals surface area contributed by atoms with Crippen LogP contribution >= 0.6 is 11.6 Å². The Hall–Kier alpha value is -3.89. The number of pyridine rings is 1. The molecule has 7 nitrogen and oxygen atoms in total. The lowest BCUT2D eigenvalue weighted by molar-refractivity contribution is 0.659. The molecule has 0 bridgehead atoms. The van der Waals surface area contributed by atoms with Crippen LogP contribution in [0, 0.1) is 13.8 Å². The van der Waals surface area contributed by atoms with E-state index in [4.69, 9.17) is 17.3 Å². The van der Waals surface area contributed by atoms with Crippen LogP contribution in [0.3, 0.4) is 0 Å². The van der Waals surface area contributed by atoms with Crippen molar-refractivity contribution in [1.29, 1.82) is 0 Å². The van der Waals surface area contributed by atoms with Crippen molar-refractivity contribution in [3.8, 4) is 5.69 Å². The molecule has 1 aliphatic heterocycles. The molecule has 5 rings (SSSR count). The fourth-order valence-corrected chi connectivity index (χ4v) is 4.26. The van der Waals surface area contributed by atoms with Gasteiger partial charge >= 0.3 is 11.8 Å². The van der Waals surface area contributed by atoms with Gasteiger partial charge in [-0.2, -0.15) is 9.77 Å². The Morgan fingerprint density at radius 2 is 1.90 bits per heavy atom. The standard InChI is InChI=1S/C23H17ClN6O/c1-13-6-3-4-9-17(13)30-16(10-15-8-5-7-14(2)18(15)23(30)31)11-29-22-19(20(24)28-29)21(25)26-12-27-22/h3-10,25H,11H2,1-2H3/p+1. The lowest BCUT2D eigenvalue weighted by Gasteiger charge is -2.17. The van der Waals surface area contributed by atoms with Gasteiger partial charge in [-0.15, -0.1) is 0 Å². The van der Waals surface area contributed by atoms with E-state index in [0.717, 1.165) is 27.9 Å². The molecule has 0 spiro atoms. The highest BCUT2D eigenvalue weighted by atomic mass is 35.5. The molecule has 2 aromatic heterocycles. The average molecular weight is 430 g/mol. The SMILES string of the molecule is Cc1ccccc1-n1c(Cn2nc(Cl)c3c2N=C=[N+]=C3N)cc2cccc(C)c2c1=O. The maximum Gasteiger partial charge on any atom is 0.346 e. The number of nitrogens with zero attached hydrogens (tertiary/aromatic N) is 5. The number of aliphatic imine (C=N–C) groups is 1. The molecule has 0 saturated carbocycles. The van der Waals surface area contributed by atoms with Crippen LogP contribution in [0.15, 0.2) is 58.3 Å². The van der Waals surface area contributed by atoms with E-state index in [0.29, 0.717) is 16.8 Å². The zero-order chi connectivity index (χ0) is 21.7. The number of amidine groups is 1. The van der Waals surface area contributed by atoms with E-state index in [1.165, 1.54) is 0 Å². The van der Waals surface area contributed by atoms with Gasteiger partial charge in [-0.25, -0.2) is 4.68 Å². The lowest BCUT2D eigenvalue weighted by atomic mass is 10.1. The number of fused-ring (bicyclic) bond motifs is 2. The molecule has 2 N–H and O–H groups in total. The van der Waals surface area contributed by atoms with Crippen molar-refractivity contribution in [1.82, 2.24) is 19.0 Å². The predicted octanol–water partition coefficient (Wildman–Crippen LogP) is 3.10. The van der Waals surface area contributed by atoms with E-state index in [9.17, 15) is 4.79 Å². The minimum atomic E-state index is -0.0804. The zero-order valence-corrected chi connectivity index (χ0v) is 17.7. The van der Waals surface area contributed by atoms with Crippen molar-refractivity contribution in [2.24, 2.45) is 10.7 Å². The Kier molecular flexibility index (Phi) is 4.38. The Labute approximate surface area is 182 Å². The summed E-state index contributed by atoms with van der Waals surface area (Å²) in [5, 5.41) is 6.17. The summed E-state index contributed by atoms with van der Waals surface area (Å²) >= 11 is 6.30. The summed E-state index contributed by atoms with van der Waals surface area (Å²) < 4.78 is 7.24. The highest BCUT2D eigenvalue weighted by Gasteiger charge is 2.28. The van der Waals surface area contributed by atoms with Crippen LogP contribution in [0.2, 0.25) is 5.15 Å². The van der Waals surface area contributed by atoms with Gasteiger partial charge in [0, 0.05) is 5.69 Å². The molecule has 31 heavy (non-hydrogen) atoms. The monoisotopic (exact) mass is 429 g/mol. The van der Waals surface area contributed by atoms with E-state index in [1.807, 2.05) is 62.4 Å². The minimum absolute atomic E-state index is 0.0804. The summed E-state index contributed by atoms with van der Waals surface area (Å²) in [7, 11) is 0. The highest BCUT2D eigenvalue weighted by Crippen LogP contribution is 2.28. The molecule has 0 aliphatic carbocycles. The third-order valence-electron chi connectivity index (χ3n) is 5.46. The third kappa shape index (κ3) is 3.00. The summed E-state index contributed by atoms with van der Waals surface area (Å²) in [5.41, 5.74) is 9.82. The van der Waals surface area contributed by atoms with Crippen molar-refractivity contribution >= 4 is 40.0 Å². The molecule has 0 amide bonds. The number of aryl methyl sites for hydroxylation is 2. The second-order valence-corrected chi connectivity index (χ2v) is 7.82. The van der Waals surface area contributed by atoms with E-state index < -0.39 is 0 Å². The molecule has 0 fully saturated rings. The number of rotatable bonds is 3. The van der Waals surface area contributed by atoms with Crippen LogP contribution in [0.1, 0.15) is 22.4 Å². The number of halogens is 1. The van der Waals surface area contributed by atoms with Gasteiger partial charge in [0.05, 0.1) is 17.6 Å². The minimum Gasteiger partial charge on any atom is -0.304 e. The zero-order valence-electron chi connectivity index (χ0n) is 16.9. The number of hydrogen-bond donors (Lipinski definition) is 1. The number of para-hydroxylation sites is 1. The summed E-state index contributed by atoms with van der Waals surface area (Å²) in [4.78, 5) is 17.9. The second kappa shape index (κ2) is 7.11. The molecule has 4 aromatic rings. The molecule has 2 aromatic carbocycles. The summed E-state index contributed by atoms with van der Waals surface area (Å²) in [6, 6.07) is 18.2. The highest BCUT2D eigenvalue weighted by molar-refractivity contribution is 6.33. The van der Waals surface area contributed by atoms with Gasteiger partial charge in [-0.3, -0.25) is 9.36 Å². The maximum atomic E-state index is 13.7. The molecule has 0 saturated heterocycles. The number of aromatic nitrogens is 3. The Morgan fingerprint density at radius 1 is 1.13 bits per heavy atom. The molecule has 0 atom stereocenters. The predicted molar refractivity (Wildman–Crippen MR) is 123 cm³/mol. The summed E-state index contributed by atoms with van der Waals surface area (Å²) in [6.45, 7) is 4.19. The molecular weight excluding hydrogens is 412 g/mol. The second-order valence-electron chi connectivity index (χ2n) is 7.46. The first-order chi connectivity index (χ1) is 15.0. The average Bonchev–Trinajstić information content (AvgIpc) is 3.05. The van der Waals surface area contributed by atoms with E-state index in [-0.39, 0.29) is 23.1 Å². The molecule has 152 valence electrons. The Morgan fingerprint density at radius 3 is 2.71 bits per heavy atom. The first-order valence-corrected chi connectivity index (χ1v) is 10.1. The molecule has 8 heteroatoms. The maximum absolute atomic E-state index is 13.7. The van der Waals surface area contributed by atoms with Crippen LogP contribution < -0.4 is 16.0 Å². The first-order valence-electron chi connectivity index (χ1n) is 9.71. The van der Waals surface area contributed by atoms with Gasteiger partial charge in [-0.1, -0.05) is 48.0 Å². The van der Waals surface area contributed by atoms with Gasteiger partial charge in [0.2, 0.25) is 0 Å². The van der Waals surface area contributed by atoms with Gasteiger partial charge in [0.1, 0.15) is 0 Å². The number of benzene rings is 2. The van der Waals surface area contributed by atoms with E-state index in [2.05, 4.69) is 20.8 Å². The van der Waals surface area contributed by atoms with Crippen LogP contribution in [-0.2, 0) is 6.54 Å². The van der Waals surface area contributed by atoms with Crippen molar-refractivity contribution < 1.29 is 0 Å². The fourth-order valence-electron chi connectivity index (χ4n) is 3.99. The number of hydrogen-bond acceptors (Lipinski definition) is 4. The summed E-state index contributed by atoms with van der Waals surface area (Å²) in [5.74, 6) is 0.678. The first kappa shape index (κ1) is 19.1. The van der Waals surface area contributed by atoms with Crippen molar-refractivity contribution in [3.63, 3.8) is 0 Å². The molecule has 1 aliphatic rings. The van der Waals surface area contributed by atoms with Crippen LogP contribution in [0.4, 0.5) is 5.82 Å². The van der Waals surface area contributed by atoms with Gasteiger partial charge < -0.3 is 5.73 Å². The van der Waals surface area contributed by atoms with Crippen molar-refractivity contribution in [3.05, 3.63) is 86.4 Å². The van der Waals surface area contributed by atoms with E-state index >= 15 is 0 Å². The van der Waals surface area contributed by atoms with Gasteiger partial charge in [-0.05, 0) is 47.5 Å². The summed E-state index contributed by atoms with van der Waals surface area (Å²) in [6.07, 6.45) is 0. The molecular formula is C23H18ClN6O+. The Bertz CT molecular complexity index is 1550. The molecule has 0 radical (unpaired) electrons. The van der Waals surface area contributed by atoms with Crippen molar-refractivity contribution in [2.75, 3.05) is 0 Å². The van der Waals surface area contributed by atoms with E-state index in [1.54, 1.807) is 9.25 Å². The lowest BCUT2D eigenvalue weighted by Crippen LogP contribution is -2.25. The Balaban J connectivity index is 1.79. The number of nitrogens with two attached hydrogens (primary N) is 1. The smallest absolute Gasteiger partial charge is 0.304 e. The molecule has 0 unspecified atom stereocenters. The van der Waals surface area contributed by atoms with Gasteiger partial charge in [0.15, 0.2) is 10.7 Å².